The van der Waals surface area contributed by atoms with Gasteiger partial charge in [0.25, 0.3) is 0 Å². The topological polar surface area (TPSA) is 74.3 Å². The largest absolute Gasteiger partial charge is 0.493 e. The first-order valence-corrected chi connectivity index (χ1v) is 11.6. The Morgan fingerprint density at radius 3 is 2.31 bits per heavy atom. The average Bonchev–Trinajstić information content (AvgIpc) is 2.94. The Labute approximate surface area is 210 Å². The third-order valence-electron chi connectivity index (χ3n) is 6.19. The molecule has 3 aromatic carbocycles. The van der Waals surface area contributed by atoms with Gasteiger partial charge in [0.15, 0.2) is 11.5 Å². The molecule has 1 aliphatic heterocycles. The number of hydrogen-bond acceptors (Lipinski definition) is 6. The molecule has 1 aliphatic rings. The van der Waals surface area contributed by atoms with E-state index < -0.39 is 5.97 Å². The second-order valence-electron chi connectivity index (χ2n) is 8.27. The number of fused-ring (bicyclic) bond motifs is 1. The highest BCUT2D eigenvalue weighted by atomic mass is 16.5. The van der Waals surface area contributed by atoms with Crippen molar-refractivity contribution >= 4 is 18.0 Å². The van der Waals surface area contributed by atoms with Crippen LogP contribution in [-0.2, 0) is 16.0 Å². The summed E-state index contributed by atoms with van der Waals surface area (Å²) in [6.45, 7) is 0.765. The van der Waals surface area contributed by atoms with Gasteiger partial charge in [0.2, 0.25) is 5.91 Å². The molecule has 1 unspecified atom stereocenters. The van der Waals surface area contributed by atoms with Crippen LogP contribution in [0.4, 0.5) is 0 Å². The van der Waals surface area contributed by atoms with E-state index in [1.807, 2.05) is 53.4 Å². The lowest BCUT2D eigenvalue weighted by Crippen LogP contribution is -2.41. The van der Waals surface area contributed by atoms with Gasteiger partial charge in [0.1, 0.15) is 12.4 Å². The van der Waals surface area contributed by atoms with E-state index >= 15 is 0 Å². The van der Waals surface area contributed by atoms with E-state index in [9.17, 15) is 9.59 Å². The van der Waals surface area contributed by atoms with Crippen LogP contribution in [0.15, 0.2) is 72.8 Å². The molecule has 0 spiro atoms. The summed E-state index contributed by atoms with van der Waals surface area (Å²) in [6.07, 6.45) is 4.10. The fourth-order valence-electron chi connectivity index (χ4n) is 4.28. The monoisotopic (exact) mass is 487 g/mol. The molecule has 0 aromatic heterocycles. The quantitative estimate of drug-likeness (QED) is 0.339. The molecule has 186 valence electrons. The zero-order valence-electron chi connectivity index (χ0n) is 20.6. The number of ether oxygens (including phenoxy) is 4. The highest BCUT2D eigenvalue weighted by Gasteiger charge is 2.32. The molecule has 0 aliphatic carbocycles. The molecule has 3 aromatic rings. The minimum Gasteiger partial charge on any atom is -0.493 e. The Morgan fingerprint density at radius 1 is 0.944 bits per heavy atom. The molecule has 7 heteroatoms. The van der Waals surface area contributed by atoms with Crippen LogP contribution in [0.25, 0.3) is 6.08 Å². The van der Waals surface area contributed by atoms with Crippen LogP contribution in [0.2, 0.25) is 0 Å². The Morgan fingerprint density at radius 2 is 1.64 bits per heavy atom. The van der Waals surface area contributed by atoms with Crippen molar-refractivity contribution in [3.63, 3.8) is 0 Å². The van der Waals surface area contributed by atoms with Gasteiger partial charge in [-0.15, -0.1) is 0 Å². The maximum absolute atomic E-state index is 13.3. The molecule has 7 nitrogen and oxygen atoms in total. The maximum Gasteiger partial charge on any atom is 0.337 e. The van der Waals surface area contributed by atoms with Crippen LogP contribution in [0.3, 0.4) is 0 Å². The molecule has 0 fully saturated rings. The maximum atomic E-state index is 13.3. The number of esters is 1. The van der Waals surface area contributed by atoms with Crippen molar-refractivity contribution in [1.29, 1.82) is 0 Å². The first kappa shape index (κ1) is 24.9. The van der Waals surface area contributed by atoms with Crippen molar-refractivity contribution in [2.45, 2.75) is 12.5 Å². The SMILES string of the molecule is COC(=O)c1ccc(OCC2c3cc(OC)c(OC)cc3CCN2C(=O)/C=C/c2ccccc2)cc1. The van der Waals surface area contributed by atoms with Crippen molar-refractivity contribution < 1.29 is 28.5 Å². The van der Waals surface area contributed by atoms with Crippen LogP contribution in [0.1, 0.15) is 33.1 Å². The minimum atomic E-state index is -0.411. The van der Waals surface area contributed by atoms with Crippen LogP contribution in [0.5, 0.6) is 17.2 Å². The summed E-state index contributed by atoms with van der Waals surface area (Å²) >= 11 is 0. The fourth-order valence-corrected chi connectivity index (χ4v) is 4.28. The normalized spacial score (nSPS) is 14.8. The van der Waals surface area contributed by atoms with Gasteiger partial charge in [-0.25, -0.2) is 4.79 Å². The van der Waals surface area contributed by atoms with Gasteiger partial charge in [-0.2, -0.15) is 0 Å². The van der Waals surface area contributed by atoms with E-state index in [2.05, 4.69) is 0 Å². The smallest absolute Gasteiger partial charge is 0.337 e. The molecule has 0 N–H and O–H groups in total. The number of carbonyl (C=O) groups excluding carboxylic acids is 2. The van der Waals surface area contributed by atoms with E-state index in [0.29, 0.717) is 35.8 Å². The lowest BCUT2D eigenvalue weighted by Gasteiger charge is -2.37. The summed E-state index contributed by atoms with van der Waals surface area (Å²) in [5.41, 5.74) is 3.42. The van der Waals surface area contributed by atoms with Crippen molar-refractivity contribution in [3.05, 3.63) is 95.1 Å². The third kappa shape index (κ3) is 5.51. The molecule has 0 saturated heterocycles. The Kier molecular flexibility index (Phi) is 7.90. The van der Waals surface area contributed by atoms with Gasteiger partial charge in [-0.05, 0) is 65.6 Å². The van der Waals surface area contributed by atoms with Gasteiger partial charge < -0.3 is 23.8 Å². The predicted molar refractivity (Wildman–Crippen MR) is 136 cm³/mol. The highest BCUT2D eigenvalue weighted by Crippen LogP contribution is 2.38. The molecule has 1 heterocycles. The molecule has 0 radical (unpaired) electrons. The average molecular weight is 488 g/mol. The van der Waals surface area contributed by atoms with Crippen LogP contribution >= 0.6 is 0 Å². The number of amides is 1. The summed E-state index contributed by atoms with van der Waals surface area (Å²) in [4.78, 5) is 26.9. The molecule has 4 rings (SSSR count). The van der Waals surface area contributed by atoms with E-state index in [4.69, 9.17) is 18.9 Å². The molecule has 1 atom stereocenters. The zero-order chi connectivity index (χ0) is 25.5. The van der Waals surface area contributed by atoms with Crippen LogP contribution < -0.4 is 14.2 Å². The van der Waals surface area contributed by atoms with Crippen molar-refractivity contribution in [2.24, 2.45) is 0 Å². The molecular weight excluding hydrogens is 458 g/mol. The Bertz CT molecular complexity index is 1240. The number of nitrogens with zero attached hydrogens (tertiary/aromatic N) is 1. The van der Waals surface area contributed by atoms with Crippen molar-refractivity contribution in [2.75, 3.05) is 34.5 Å². The van der Waals surface area contributed by atoms with Crippen LogP contribution in [-0.4, -0.2) is 51.3 Å². The summed E-state index contributed by atoms with van der Waals surface area (Å²) in [6, 6.07) is 20.0. The number of rotatable bonds is 8. The standard InChI is InChI=1S/C29H29NO6/c1-33-26-17-22-15-16-30(28(31)14-9-20-7-5-4-6-8-20)25(24(22)18-27(26)34-2)19-36-23-12-10-21(11-13-23)29(32)35-3/h4-14,17-18,25H,15-16,19H2,1-3H3/b14-9+. The number of benzene rings is 3. The van der Waals surface area contributed by atoms with E-state index in [1.54, 1.807) is 44.6 Å². The Hall–Kier alpha value is -4.26. The lowest BCUT2D eigenvalue weighted by molar-refractivity contribution is -0.129. The van der Waals surface area contributed by atoms with Crippen molar-refractivity contribution in [3.8, 4) is 17.2 Å². The first-order valence-electron chi connectivity index (χ1n) is 11.6. The fraction of sp³-hybridized carbons (Fsp3) is 0.241. The molecule has 36 heavy (non-hydrogen) atoms. The van der Waals surface area contributed by atoms with Gasteiger partial charge in [0.05, 0.1) is 32.9 Å². The number of carbonyl (C=O) groups is 2. The number of methoxy groups -OCH3 is 3. The number of hydrogen-bond donors (Lipinski definition) is 0. The predicted octanol–water partition coefficient (Wildman–Crippen LogP) is 4.71. The van der Waals surface area contributed by atoms with Gasteiger partial charge in [-0.3, -0.25) is 4.79 Å². The summed E-state index contributed by atoms with van der Waals surface area (Å²) in [5.74, 6) is 1.32. The molecule has 1 amide bonds. The van der Waals surface area contributed by atoms with E-state index in [1.165, 1.54) is 7.11 Å². The zero-order valence-corrected chi connectivity index (χ0v) is 20.6. The molecular formula is C29H29NO6. The molecule has 0 saturated carbocycles. The second kappa shape index (κ2) is 11.4. The first-order chi connectivity index (χ1) is 17.5. The highest BCUT2D eigenvalue weighted by molar-refractivity contribution is 5.92. The second-order valence-corrected chi connectivity index (χ2v) is 8.27. The van der Waals surface area contributed by atoms with Gasteiger partial charge >= 0.3 is 5.97 Å². The summed E-state index contributed by atoms with van der Waals surface area (Å²) in [5, 5.41) is 0. The Balaban J connectivity index is 1.61. The van der Waals surface area contributed by atoms with E-state index in [-0.39, 0.29) is 18.6 Å². The van der Waals surface area contributed by atoms with Gasteiger partial charge in [-0.1, -0.05) is 30.3 Å². The summed E-state index contributed by atoms with van der Waals surface area (Å²) < 4.78 is 21.9. The summed E-state index contributed by atoms with van der Waals surface area (Å²) in [7, 11) is 4.54. The molecule has 0 bridgehead atoms. The van der Waals surface area contributed by atoms with E-state index in [0.717, 1.165) is 16.7 Å². The van der Waals surface area contributed by atoms with Gasteiger partial charge in [0, 0.05) is 12.6 Å². The van der Waals surface area contributed by atoms with Crippen molar-refractivity contribution in [1.82, 2.24) is 4.90 Å². The third-order valence-corrected chi connectivity index (χ3v) is 6.19. The minimum absolute atomic E-state index is 0.103. The van der Waals surface area contributed by atoms with Crippen LogP contribution in [0, 0.1) is 0 Å². The lowest BCUT2D eigenvalue weighted by atomic mass is 9.92.